The van der Waals surface area contributed by atoms with Gasteiger partial charge in [-0.15, -0.1) is 0 Å². The van der Waals surface area contributed by atoms with E-state index in [9.17, 15) is 15.3 Å². The standard InChI is InChI=1S/C33H48N4O3/c1-17(11-12-38)35-16-24-15-27(36(7)8)25-13-23-14-26-31(37(9)10)32(39)30(22(6)34)21(5)33(26,40)20(4)29(23)19(3)28(25)18(24)2/h15,17,23,26,31,35,38-40H,3,5-6,11-14,16,34H2,1-2,4,7-10H3/t17?,23-,26-,31?,33-/m0/s1. The second kappa shape index (κ2) is 10.9. The first kappa shape index (κ1) is 30.1. The van der Waals surface area contributed by atoms with E-state index in [0.717, 1.165) is 28.7 Å². The molecule has 7 heteroatoms. The lowest BCUT2D eigenvalue weighted by Crippen LogP contribution is -2.58. The highest BCUT2D eigenvalue weighted by atomic mass is 16.3. The van der Waals surface area contributed by atoms with Gasteiger partial charge in [-0.25, -0.2) is 0 Å². The molecule has 0 spiro atoms. The molecular weight excluding hydrogens is 500 g/mol. The summed E-state index contributed by atoms with van der Waals surface area (Å²) >= 11 is 0. The van der Waals surface area contributed by atoms with Crippen LogP contribution in [0.5, 0.6) is 0 Å². The zero-order valence-electron chi connectivity index (χ0n) is 25.4. The van der Waals surface area contributed by atoms with Crippen LogP contribution in [0.2, 0.25) is 0 Å². The summed E-state index contributed by atoms with van der Waals surface area (Å²) in [6.45, 7) is 19.9. The topological polar surface area (TPSA) is 105 Å². The lowest BCUT2D eigenvalue weighted by molar-refractivity contribution is -0.0178. The highest BCUT2D eigenvalue weighted by molar-refractivity contribution is 5.88. The molecule has 218 valence electrons. The number of nitrogens with zero attached hydrogens (tertiary/aromatic N) is 2. The summed E-state index contributed by atoms with van der Waals surface area (Å²) in [5, 5.41) is 36.8. The Hall–Kier alpha value is -2.84. The maximum absolute atomic E-state index is 12.5. The van der Waals surface area contributed by atoms with E-state index in [1.165, 1.54) is 22.4 Å². The normalized spacial score (nSPS) is 27.0. The van der Waals surface area contributed by atoms with Crippen LogP contribution in [0.1, 0.15) is 48.9 Å². The number of likely N-dealkylation sites (N-methyl/N-ethyl adjacent to an activating group) is 1. The Kier molecular flexibility index (Phi) is 8.18. The number of fused-ring (bicyclic) bond motifs is 3. The Bertz CT molecular complexity index is 1320. The molecule has 6 N–H and O–H groups in total. The Morgan fingerprint density at radius 2 is 1.88 bits per heavy atom. The van der Waals surface area contributed by atoms with Gasteiger partial charge in [-0.1, -0.05) is 19.7 Å². The van der Waals surface area contributed by atoms with Crippen molar-refractivity contribution >= 4 is 11.3 Å². The van der Waals surface area contributed by atoms with Crippen molar-refractivity contribution in [3.05, 3.63) is 81.8 Å². The highest BCUT2D eigenvalue weighted by Gasteiger charge is 2.57. The number of hydrogen-bond donors (Lipinski definition) is 5. The van der Waals surface area contributed by atoms with E-state index in [1.807, 2.05) is 25.9 Å². The molecule has 4 rings (SSSR count). The van der Waals surface area contributed by atoms with Crippen molar-refractivity contribution in [3.63, 3.8) is 0 Å². The van der Waals surface area contributed by atoms with Crippen LogP contribution in [0.3, 0.4) is 0 Å². The average Bonchev–Trinajstić information content (AvgIpc) is 2.85. The van der Waals surface area contributed by atoms with Gasteiger partial charge < -0.3 is 31.3 Å². The van der Waals surface area contributed by atoms with Crippen LogP contribution in [0, 0.1) is 18.8 Å². The first-order valence-electron chi connectivity index (χ1n) is 14.2. The van der Waals surface area contributed by atoms with Crippen molar-refractivity contribution < 1.29 is 15.3 Å². The Labute approximate surface area is 240 Å². The van der Waals surface area contributed by atoms with Gasteiger partial charge in [0.2, 0.25) is 0 Å². The molecule has 7 nitrogen and oxygen atoms in total. The van der Waals surface area contributed by atoms with Crippen molar-refractivity contribution in [2.45, 2.75) is 64.3 Å². The number of benzene rings is 1. The monoisotopic (exact) mass is 548 g/mol. The van der Waals surface area contributed by atoms with Crippen molar-refractivity contribution in [1.29, 1.82) is 0 Å². The lowest BCUT2D eigenvalue weighted by Gasteiger charge is -2.54. The molecule has 0 fully saturated rings. The molecule has 5 atom stereocenters. The van der Waals surface area contributed by atoms with Crippen LogP contribution in [0.15, 0.2) is 59.6 Å². The maximum Gasteiger partial charge on any atom is 0.119 e. The summed E-state index contributed by atoms with van der Waals surface area (Å²) in [4.78, 5) is 4.13. The Balaban J connectivity index is 1.90. The molecule has 0 heterocycles. The highest BCUT2D eigenvalue weighted by Crippen LogP contribution is 2.58. The van der Waals surface area contributed by atoms with Crippen molar-refractivity contribution in [2.24, 2.45) is 17.6 Å². The number of aliphatic hydroxyl groups excluding tert-OH is 2. The van der Waals surface area contributed by atoms with Crippen molar-refractivity contribution in [2.75, 3.05) is 39.7 Å². The van der Waals surface area contributed by atoms with Gasteiger partial charge >= 0.3 is 0 Å². The van der Waals surface area contributed by atoms with Crippen LogP contribution in [-0.4, -0.2) is 72.7 Å². The third-order valence-electron chi connectivity index (χ3n) is 9.56. The number of hydrogen-bond acceptors (Lipinski definition) is 7. The van der Waals surface area contributed by atoms with Gasteiger partial charge in [-0.05, 0) is 111 Å². The third kappa shape index (κ3) is 4.53. The summed E-state index contributed by atoms with van der Waals surface area (Å²) in [7, 11) is 7.99. The molecular formula is C33H48N4O3. The van der Waals surface area contributed by atoms with Gasteiger partial charge in [-0.3, -0.25) is 4.90 Å². The molecule has 1 aromatic rings. The molecule has 0 radical (unpaired) electrons. The largest absolute Gasteiger partial charge is 0.510 e. The molecule has 0 bridgehead atoms. The molecule has 3 aliphatic rings. The minimum atomic E-state index is -1.39. The van der Waals surface area contributed by atoms with Gasteiger partial charge in [0.25, 0.3) is 0 Å². The predicted molar refractivity (Wildman–Crippen MR) is 165 cm³/mol. The third-order valence-corrected chi connectivity index (χ3v) is 9.56. The average molecular weight is 549 g/mol. The molecule has 0 saturated carbocycles. The van der Waals surface area contributed by atoms with Crippen molar-refractivity contribution in [1.82, 2.24) is 10.2 Å². The fourth-order valence-corrected chi connectivity index (χ4v) is 7.53. The Morgan fingerprint density at radius 3 is 2.42 bits per heavy atom. The number of nitrogens with one attached hydrogen (secondary N) is 1. The van der Waals surface area contributed by atoms with Crippen molar-refractivity contribution in [3.8, 4) is 0 Å². The second-order valence-electron chi connectivity index (χ2n) is 12.4. The molecule has 0 aromatic heterocycles. The van der Waals surface area contributed by atoms with E-state index in [1.54, 1.807) is 0 Å². The molecule has 0 amide bonds. The number of anilines is 1. The fraction of sp³-hybridized carbons (Fsp3) is 0.515. The summed E-state index contributed by atoms with van der Waals surface area (Å²) in [6.07, 6.45) is 2.19. The molecule has 40 heavy (non-hydrogen) atoms. The minimum Gasteiger partial charge on any atom is -0.510 e. The number of rotatable bonds is 8. The van der Waals surface area contributed by atoms with Gasteiger partial charge in [0.1, 0.15) is 11.4 Å². The van der Waals surface area contributed by atoms with Gasteiger partial charge in [0.15, 0.2) is 0 Å². The molecule has 0 saturated heterocycles. The molecule has 0 aliphatic heterocycles. The number of nitrogens with two attached hydrogens (primary N) is 1. The van der Waals surface area contributed by atoms with Gasteiger partial charge in [0, 0.05) is 56.2 Å². The second-order valence-corrected chi connectivity index (χ2v) is 12.4. The van der Waals surface area contributed by atoms with E-state index in [2.05, 4.69) is 64.0 Å². The van der Waals surface area contributed by atoms with E-state index in [4.69, 9.17) is 5.73 Å². The zero-order chi connectivity index (χ0) is 29.8. The van der Waals surface area contributed by atoms with Gasteiger partial charge in [-0.2, -0.15) is 0 Å². The first-order valence-corrected chi connectivity index (χ1v) is 14.2. The summed E-state index contributed by atoms with van der Waals surface area (Å²) in [5.41, 5.74) is 14.6. The number of allylic oxidation sites excluding steroid dienone is 3. The number of aliphatic hydroxyl groups is 3. The fourth-order valence-electron chi connectivity index (χ4n) is 7.53. The van der Waals surface area contributed by atoms with Gasteiger partial charge in [0.05, 0.1) is 6.04 Å². The first-order chi connectivity index (χ1) is 18.7. The summed E-state index contributed by atoms with van der Waals surface area (Å²) < 4.78 is 0. The predicted octanol–water partition coefficient (Wildman–Crippen LogP) is 3.96. The summed E-state index contributed by atoms with van der Waals surface area (Å²) in [5.74, 6) is -0.0370. The Morgan fingerprint density at radius 1 is 1.23 bits per heavy atom. The van der Waals surface area contributed by atoms with Crippen LogP contribution < -0.4 is 16.0 Å². The smallest absolute Gasteiger partial charge is 0.119 e. The lowest BCUT2D eigenvalue weighted by atomic mass is 9.55. The maximum atomic E-state index is 12.5. The minimum absolute atomic E-state index is 0.126. The van der Waals surface area contributed by atoms with E-state index in [0.29, 0.717) is 30.5 Å². The van der Waals surface area contributed by atoms with Crippen LogP contribution in [0.25, 0.3) is 5.57 Å². The van der Waals surface area contributed by atoms with E-state index in [-0.39, 0.29) is 35.9 Å². The van der Waals surface area contributed by atoms with E-state index >= 15 is 0 Å². The SMILES string of the molecule is C=C(N)C1=C(O)C(N(C)C)[C@@H]2C[C@@H]3Cc4c(N(C)C)cc(CNC(C)CCO)c(C)c4C(=C)C3=C(C)[C@]2(O)C1=C. The molecule has 2 unspecified atom stereocenters. The van der Waals surface area contributed by atoms with Crippen LogP contribution in [0.4, 0.5) is 5.69 Å². The molecule has 1 aromatic carbocycles. The zero-order valence-corrected chi connectivity index (χ0v) is 25.4. The van der Waals surface area contributed by atoms with Crippen LogP contribution >= 0.6 is 0 Å². The molecule has 3 aliphatic carbocycles. The van der Waals surface area contributed by atoms with E-state index < -0.39 is 11.6 Å². The summed E-state index contributed by atoms with van der Waals surface area (Å²) in [6, 6.07) is 2.05. The van der Waals surface area contributed by atoms with Crippen LogP contribution in [-0.2, 0) is 13.0 Å². The quantitative estimate of drug-likeness (QED) is 0.335.